The van der Waals surface area contributed by atoms with E-state index in [4.69, 9.17) is 13.9 Å². The van der Waals surface area contributed by atoms with Gasteiger partial charge in [-0.05, 0) is 60.7 Å². The molecule has 38 heavy (non-hydrogen) atoms. The normalized spacial score (nSPS) is 13.3. The highest BCUT2D eigenvalue weighted by Crippen LogP contribution is 2.36. The van der Waals surface area contributed by atoms with Crippen molar-refractivity contribution < 1.29 is 18.7 Å². The Bertz CT molecular complexity index is 1430. The van der Waals surface area contributed by atoms with Crippen molar-refractivity contribution in [2.24, 2.45) is 0 Å². The first kappa shape index (κ1) is 25.5. The second kappa shape index (κ2) is 11.5. The summed E-state index contributed by atoms with van der Waals surface area (Å²) in [5.41, 5.74) is 5.56. The number of nitrogens with zero attached hydrogens (tertiary/aromatic N) is 4. The maximum Gasteiger partial charge on any atom is 0.231 e. The van der Waals surface area contributed by atoms with Crippen LogP contribution in [-0.4, -0.2) is 41.5 Å². The number of benzene rings is 2. The first-order valence-corrected chi connectivity index (χ1v) is 12.8. The van der Waals surface area contributed by atoms with Crippen LogP contribution < -0.4 is 9.64 Å². The van der Waals surface area contributed by atoms with Gasteiger partial charge in [-0.3, -0.25) is 9.48 Å². The van der Waals surface area contributed by atoms with E-state index in [-0.39, 0.29) is 12.3 Å². The molecule has 0 N–H and O–H groups in total. The molecule has 0 saturated carbocycles. The third-order valence-corrected chi connectivity index (χ3v) is 6.64. The average molecular weight is 513 g/mol. The number of methoxy groups -OCH3 is 2. The summed E-state index contributed by atoms with van der Waals surface area (Å²) in [6, 6.07) is 14.0. The number of oxazole rings is 1. The first-order chi connectivity index (χ1) is 18.5. The standard InChI is InChI=1S/C30H32N4O4/c1-21-17-31-30(38-21)25-14-24-9-8-23(26-18-32-33(20-26)12-4-5-13-36-2)15-28(24)34(29(35)16-25)19-22-6-10-27(37-3)11-7-22/h6-11,14-15,17-18,20H,4-5,12-13,16,19H2,1-3H3. The second-order valence-electron chi connectivity index (χ2n) is 9.42. The molecule has 1 amide bonds. The molecule has 0 aliphatic carbocycles. The van der Waals surface area contributed by atoms with Gasteiger partial charge in [-0.15, -0.1) is 0 Å². The maximum atomic E-state index is 13.7. The molecule has 4 aromatic rings. The number of amides is 1. The van der Waals surface area contributed by atoms with Gasteiger partial charge in [0.15, 0.2) is 0 Å². The fraction of sp³-hybridized carbons (Fsp3) is 0.300. The molecule has 0 unspecified atom stereocenters. The molecule has 8 heteroatoms. The SMILES string of the molecule is COCCCCn1cc(-c2ccc3c(c2)N(Cc2ccc(OC)cc2)C(=O)CC(c2ncc(C)o2)=C3)cn1. The van der Waals surface area contributed by atoms with Gasteiger partial charge in [-0.2, -0.15) is 5.10 Å². The van der Waals surface area contributed by atoms with E-state index in [1.54, 1.807) is 20.4 Å². The van der Waals surface area contributed by atoms with Crippen molar-refractivity contribution >= 4 is 23.2 Å². The summed E-state index contributed by atoms with van der Waals surface area (Å²) in [6.07, 6.45) is 9.80. The van der Waals surface area contributed by atoms with Crippen LogP contribution in [0.25, 0.3) is 22.8 Å². The van der Waals surface area contributed by atoms with Crippen LogP contribution in [-0.2, 0) is 22.6 Å². The van der Waals surface area contributed by atoms with Crippen LogP contribution in [0.3, 0.4) is 0 Å². The van der Waals surface area contributed by atoms with Crippen LogP contribution >= 0.6 is 0 Å². The number of ether oxygens (including phenoxy) is 2. The van der Waals surface area contributed by atoms with Crippen molar-refractivity contribution in [3.63, 3.8) is 0 Å². The minimum absolute atomic E-state index is 0.0207. The molecule has 0 saturated heterocycles. The lowest BCUT2D eigenvalue weighted by Crippen LogP contribution is -2.30. The fourth-order valence-corrected chi connectivity index (χ4v) is 4.59. The minimum atomic E-state index is -0.0207. The number of aromatic nitrogens is 3. The number of anilines is 1. The third kappa shape index (κ3) is 5.70. The summed E-state index contributed by atoms with van der Waals surface area (Å²) in [6.45, 7) is 3.87. The van der Waals surface area contributed by atoms with Crippen molar-refractivity contribution in [1.29, 1.82) is 0 Å². The zero-order valence-corrected chi connectivity index (χ0v) is 22.0. The number of hydrogen-bond donors (Lipinski definition) is 0. The van der Waals surface area contributed by atoms with E-state index in [1.807, 2.05) is 53.0 Å². The Kier molecular flexibility index (Phi) is 7.70. The van der Waals surface area contributed by atoms with E-state index in [2.05, 4.69) is 34.5 Å². The Labute approximate surface area is 222 Å². The van der Waals surface area contributed by atoms with Gasteiger partial charge < -0.3 is 18.8 Å². The Hall–Kier alpha value is -4.17. The summed E-state index contributed by atoms with van der Waals surface area (Å²) in [4.78, 5) is 19.9. The van der Waals surface area contributed by atoms with Gasteiger partial charge in [0.05, 0.1) is 38.2 Å². The van der Waals surface area contributed by atoms with Gasteiger partial charge in [0.1, 0.15) is 11.5 Å². The topological polar surface area (TPSA) is 82.6 Å². The molecule has 0 radical (unpaired) electrons. The van der Waals surface area contributed by atoms with E-state index < -0.39 is 0 Å². The number of hydrogen-bond acceptors (Lipinski definition) is 6. The molecule has 1 aliphatic rings. The molecule has 3 heterocycles. The van der Waals surface area contributed by atoms with Crippen LogP contribution in [0.4, 0.5) is 5.69 Å². The lowest BCUT2D eigenvalue weighted by atomic mass is 10.0. The highest BCUT2D eigenvalue weighted by Gasteiger charge is 2.26. The molecular weight excluding hydrogens is 480 g/mol. The number of rotatable bonds is 10. The zero-order valence-electron chi connectivity index (χ0n) is 22.0. The van der Waals surface area contributed by atoms with Crippen LogP contribution in [0, 0.1) is 6.92 Å². The Morgan fingerprint density at radius 1 is 1.03 bits per heavy atom. The van der Waals surface area contributed by atoms with Gasteiger partial charge in [-0.1, -0.05) is 24.3 Å². The molecule has 2 aromatic heterocycles. The van der Waals surface area contributed by atoms with Crippen LogP contribution in [0.1, 0.15) is 42.0 Å². The van der Waals surface area contributed by atoms with Crippen molar-refractivity contribution in [1.82, 2.24) is 14.8 Å². The summed E-state index contributed by atoms with van der Waals surface area (Å²) in [5.74, 6) is 1.95. The van der Waals surface area contributed by atoms with E-state index in [0.29, 0.717) is 18.2 Å². The molecule has 5 rings (SSSR count). The van der Waals surface area contributed by atoms with Crippen LogP contribution in [0.5, 0.6) is 5.75 Å². The molecular formula is C30H32N4O4. The van der Waals surface area contributed by atoms with Crippen molar-refractivity contribution in [2.45, 2.75) is 39.3 Å². The summed E-state index contributed by atoms with van der Waals surface area (Å²) >= 11 is 0. The van der Waals surface area contributed by atoms with Gasteiger partial charge >= 0.3 is 0 Å². The van der Waals surface area contributed by atoms with Gasteiger partial charge in [0.2, 0.25) is 11.8 Å². The smallest absolute Gasteiger partial charge is 0.231 e. The monoisotopic (exact) mass is 512 g/mol. The van der Waals surface area contributed by atoms with Gasteiger partial charge in [0, 0.05) is 37.6 Å². The van der Waals surface area contributed by atoms with Crippen LogP contribution in [0.2, 0.25) is 0 Å². The summed E-state index contributed by atoms with van der Waals surface area (Å²) < 4.78 is 18.2. The molecule has 0 bridgehead atoms. The molecule has 0 atom stereocenters. The lowest BCUT2D eigenvalue weighted by molar-refractivity contribution is -0.117. The number of carbonyl (C=O) groups excluding carboxylic acids is 1. The Morgan fingerprint density at radius 3 is 2.61 bits per heavy atom. The van der Waals surface area contributed by atoms with Crippen LogP contribution in [0.15, 0.2) is 65.5 Å². The quantitative estimate of drug-likeness (QED) is 0.251. The van der Waals surface area contributed by atoms with Gasteiger partial charge in [0.25, 0.3) is 0 Å². The highest BCUT2D eigenvalue weighted by molar-refractivity contribution is 6.06. The largest absolute Gasteiger partial charge is 0.497 e. The van der Waals surface area contributed by atoms with E-state index in [9.17, 15) is 4.79 Å². The fourth-order valence-electron chi connectivity index (χ4n) is 4.59. The molecule has 196 valence electrons. The first-order valence-electron chi connectivity index (χ1n) is 12.8. The number of aryl methyl sites for hydroxylation is 2. The van der Waals surface area contributed by atoms with Gasteiger partial charge in [-0.25, -0.2) is 4.98 Å². The van der Waals surface area contributed by atoms with E-state index in [1.165, 1.54) is 0 Å². The third-order valence-electron chi connectivity index (χ3n) is 6.64. The number of unbranched alkanes of at least 4 members (excludes halogenated alkanes) is 1. The predicted octanol–water partition coefficient (Wildman–Crippen LogP) is 5.76. The molecule has 1 aliphatic heterocycles. The molecule has 0 fully saturated rings. The Morgan fingerprint density at radius 2 is 1.87 bits per heavy atom. The molecule has 0 spiro atoms. The van der Waals surface area contributed by atoms with Crippen molar-refractivity contribution in [3.8, 4) is 16.9 Å². The molecule has 8 nitrogen and oxygen atoms in total. The van der Waals surface area contributed by atoms with E-state index >= 15 is 0 Å². The zero-order chi connectivity index (χ0) is 26.5. The predicted molar refractivity (Wildman–Crippen MR) is 147 cm³/mol. The Balaban J connectivity index is 1.49. The maximum absolute atomic E-state index is 13.7. The summed E-state index contributed by atoms with van der Waals surface area (Å²) in [7, 11) is 3.36. The average Bonchev–Trinajstić information content (AvgIpc) is 3.56. The second-order valence-corrected chi connectivity index (χ2v) is 9.42. The van der Waals surface area contributed by atoms with E-state index in [0.717, 1.165) is 65.3 Å². The minimum Gasteiger partial charge on any atom is -0.497 e. The number of fused-ring (bicyclic) bond motifs is 1. The summed E-state index contributed by atoms with van der Waals surface area (Å²) in [5, 5.41) is 4.54. The molecule has 2 aromatic carbocycles. The van der Waals surface area contributed by atoms with Crippen molar-refractivity contribution in [3.05, 3.63) is 83.8 Å². The van der Waals surface area contributed by atoms with Crippen molar-refractivity contribution in [2.75, 3.05) is 25.7 Å². The lowest BCUT2D eigenvalue weighted by Gasteiger charge is -2.24. The number of carbonyl (C=O) groups is 1. The highest BCUT2D eigenvalue weighted by atomic mass is 16.5.